The number of nitrogens with zero attached hydrogens (tertiary/aromatic N) is 7. The van der Waals surface area contributed by atoms with E-state index in [-0.39, 0.29) is 5.91 Å². The third-order valence-electron chi connectivity index (χ3n) is 5.49. The molecule has 2 saturated heterocycles. The molecule has 134 valence electrons. The predicted molar refractivity (Wildman–Crippen MR) is 94.6 cm³/mol. The molecule has 1 unspecified atom stereocenters. The Morgan fingerprint density at radius 2 is 2.12 bits per heavy atom. The summed E-state index contributed by atoms with van der Waals surface area (Å²) in [4.78, 5) is 18.4. The van der Waals surface area contributed by atoms with Crippen molar-refractivity contribution in [2.45, 2.75) is 38.8 Å². The molecular formula is C17H25N7O. The standard InChI is InChI=1S/C17H25N7O/c1-12-18-19-16-6-7-17(20-24(12)16)22-10-15(11-22)21(3)9-14-5-4-8-23(14)13(2)25/h6-7,14-15H,4-5,8-11H2,1-3H3. The molecule has 8 heteroatoms. The zero-order valence-corrected chi connectivity index (χ0v) is 15.1. The number of likely N-dealkylation sites (N-methyl/N-ethyl adjacent to an activating group) is 1. The molecule has 2 aromatic heterocycles. The van der Waals surface area contributed by atoms with E-state index in [1.54, 1.807) is 11.4 Å². The van der Waals surface area contributed by atoms with Crippen molar-refractivity contribution in [2.75, 3.05) is 38.1 Å². The van der Waals surface area contributed by atoms with Crippen LogP contribution >= 0.6 is 0 Å². The number of aromatic nitrogens is 4. The van der Waals surface area contributed by atoms with Gasteiger partial charge in [-0.25, -0.2) is 0 Å². The summed E-state index contributed by atoms with van der Waals surface area (Å²) in [6, 6.07) is 4.84. The van der Waals surface area contributed by atoms with Gasteiger partial charge in [0, 0.05) is 45.2 Å². The quantitative estimate of drug-likeness (QED) is 0.808. The van der Waals surface area contributed by atoms with Crippen molar-refractivity contribution in [3.8, 4) is 0 Å². The largest absolute Gasteiger partial charge is 0.352 e. The lowest BCUT2D eigenvalue weighted by Crippen LogP contribution is -2.60. The fraction of sp³-hybridized carbons (Fsp3) is 0.647. The number of aryl methyl sites for hydroxylation is 1. The Balaban J connectivity index is 1.36. The van der Waals surface area contributed by atoms with Crippen LogP contribution in [0.3, 0.4) is 0 Å². The maximum atomic E-state index is 11.7. The molecule has 0 spiro atoms. The lowest BCUT2D eigenvalue weighted by molar-refractivity contribution is -0.130. The molecule has 1 amide bonds. The second-order valence-electron chi connectivity index (χ2n) is 7.22. The van der Waals surface area contributed by atoms with Crippen LogP contribution in [0.4, 0.5) is 5.82 Å². The number of hydrogen-bond donors (Lipinski definition) is 0. The average Bonchev–Trinajstić information content (AvgIpc) is 3.13. The van der Waals surface area contributed by atoms with Gasteiger partial charge >= 0.3 is 0 Å². The van der Waals surface area contributed by atoms with E-state index in [1.165, 1.54) is 0 Å². The molecule has 0 saturated carbocycles. The monoisotopic (exact) mass is 343 g/mol. The molecule has 0 aliphatic carbocycles. The highest BCUT2D eigenvalue weighted by Gasteiger charge is 2.34. The van der Waals surface area contributed by atoms with Crippen molar-refractivity contribution in [3.63, 3.8) is 0 Å². The summed E-state index contributed by atoms with van der Waals surface area (Å²) in [5.74, 6) is 1.97. The van der Waals surface area contributed by atoms with Crippen molar-refractivity contribution >= 4 is 17.4 Å². The molecule has 4 rings (SSSR count). The van der Waals surface area contributed by atoms with Gasteiger partial charge < -0.3 is 9.80 Å². The molecule has 2 aromatic rings. The number of anilines is 1. The Kier molecular flexibility index (Phi) is 4.07. The van der Waals surface area contributed by atoms with Crippen LogP contribution in [-0.2, 0) is 4.79 Å². The normalized spacial score (nSPS) is 21.4. The molecule has 4 heterocycles. The molecule has 2 aliphatic rings. The summed E-state index contributed by atoms with van der Waals surface area (Å²) in [5.41, 5.74) is 0.779. The van der Waals surface area contributed by atoms with Crippen molar-refractivity contribution in [1.29, 1.82) is 0 Å². The van der Waals surface area contributed by atoms with E-state index in [0.717, 1.165) is 56.3 Å². The maximum absolute atomic E-state index is 11.7. The number of rotatable bonds is 4. The fourth-order valence-electron chi connectivity index (χ4n) is 3.90. The summed E-state index contributed by atoms with van der Waals surface area (Å²) in [6.45, 7) is 7.37. The Morgan fingerprint density at radius 1 is 1.32 bits per heavy atom. The van der Waals surface area contributed by atoms with Gasteiger partial charge in [-0.2, -0.15) is 4.52 Å². The third-order valence-corrected chi connectivity index (χ3v) is 5.49. The van der Waals surface area contributed by atoms with Gasteiger partial charge in [-0.1, -0.05) is 0 Å². The molecule has 0 N–H and O–H groups in total. The first kappa shape index (κ1) is 16.3. The summed E-state index contributed by atoms with van der Waals surface area (Å²) >= 11 is 0. The first-order valence-electron chi connectivity index (χ1n) is 8.94. The highest BCUT2D eigenvalue weighted by molar-refractivity contribution is 5.73. The SMILES string of the molecule is CC(=O)N1CCCC1CN(C)C1CN(c2ccc3nnc(C)n3n2)C1. The number of hydrogen-bond acceptors (Lipinski definition) is 6. The van der Waals surface area contributed by atoms with Crippen LogP contribution < -0.4 is 4.90 Å². The van der Waals surface area contributed by atoms with Crippen LogP contribution in [0, 0.1) is 6.92 Å². The van der Waals surface area contributed by atoms with Crippen LogP contribution in [0.25, 0.3) is 5.65 Å². The van der Waals surface area contributed by atoms with E-state index < -0.39 is 0 Å². The zero-order chi connectivity index (χ0) is 17.6. The van der Waals surface area contributed by atoms with Gasteiger partial charge in [0.2, 0.25) is 5.91 Å². The summed E-state index contributed by atoms with van der Waals surface area (Å²) in [5, 5.41) is 12.8. The first-order chi connectivity index (χ1) is 12.0. The van der Waals surface area contributed by atoms with Crippen LogP contribution in [0.5, 0.6) is 0 Å². The first-order valence-corrected chi connectivity index (χ1v) is 8.94. The van der Waals surface area contributed by atoms with E-state index in [0.29, 0.717) is 12.1 Å². The number of likely N-dealkylation sites (tertiary alicyclic amines) is 1. The molecule has 2 fully saturated rings. The zero-order valence-electron chi connectivity index (χ0n) is 15.1. The molecule has 0 bridgehead atoms. The van der Waals surface area contributed by atoms with Gasteiger partial charge in [-0.15, -0.1) is 15.3 Å². The van der Waals surface area contributed by atoms with Crippen molar-refractivity contribution in [2.24, 2.45) is 0 Å². The minimum Gasteiger partial charge on any atom is -0.352 e. The molecule has 25 heavy (non-hydrogen) atoms. The van der Waals surface area contributed by atoms with Crippen molar-refractivity contribution < 1.29 is 4.79 Å². The average molecular weight is 343 g/mol. The predicted octanol–water partition coefficient (Wildman–Crippen LogP) is 0.564. The van der Waals surface area contributed by atoms with E-state index in [4.69, 9.17) is 0 Å². The summed E-state index contributed by atoms with van der Waals surface area (Å²) in [6.07, 6.45) is 2.24. The maximum Gasteiger partial charge on any atom is 0.219 e. The van der Waals surface area contributed by atoms with Crippen LogP contribution in [0.2, 0.25) is 0 Å². The number of amides is 1. The second kappa shape index (κ2) is 6.25. The van der Waals surface area contributed by atoms with E-state index in [9.17, 15) is 4.79 Å². The summed E-state index contributed by atoms with van der Waals surface area (Å²) in [7, 11) is 2.17. The minimum absolute atomic E-state index is 0.202. The van der Waals surface area contributed by atoms with Gasteiger partial charge in [0.15, 0.2) is 11.5 Å². The van der Waals surface area contributed by atoms with E-state index in [2.05, 4.69) is 32.1 Å². The van der Waals surface area contributed by atoms with Crippen LogP contribution in [0.15, 0.2) is 12.1 Å². The van der Waals surface area contributed by atoms with Crippen molar-refractivity contribution in [3.05, 3.63) is 18.0 Å². The van der Waals surface area contributed by atoms with Gasteiger partial charge in [-0.05, 0) is 38.9 Å². The van der Waals surface area contributed by atoms with Crippen LogP contribution in [-0.4, -0.2) is 80.8 Å². The highest BCUT2D eigenvalue weighted by Crippen LogP contribution is 2.24. The third kappa shape index (κ3) is 2.95. The second-order valence-corrected chi connectivity index (χ2v) is 7.22. The number of carbonyl (C=O) groups is 1. The fourth-order valence-corrected chi connectivity index (χ4v) is 3.90. The van der Waals surface area contributed by atoms with Gasteiger partial charge in [0.05, 0.1) is 0 Å². The molecular weight excluding hydrogens is 318 g/mol. The smallest absolute Gasteiger partial charge is 0.219 e. The summed E-state index contributed by atoms with van der Waals surface area (Å²) < 4.78 is 1.79. The highest BCUT2D eigenvalue weighted by atomic mass is 16.2. The Labute approximate surface area is 147 Å². The Morgan fingerprint density at radius 3 is 2.88 bits per heavy atom. The van der Waals surface area contributed by atoms with Crippen LogP contribution in [0.1, 0.15) is 25.6 Å². The molecule has 1 atom stereocenters. The van der Waals surface area contributed by atoms with Crippen molar-refractivity contribution in [1.82, 2.24) is 29.6 Å². The van der Waals surface area contributed by atoms with E-state index in [1.807, 2.05) is 24.0 Å². The molecule has 0 aromatic carbocycles. The molecule has 0 radical (unpaired) electrons. The minimum atomic E-state index is 0.202. The van der Waals surface area contributed by atoms with Gasteiger partial charge in [-0.3, -0.25) is 9.69 Å². The lowest BCUT2D eigenvalue weighted by Gasteiger charge is -2.45. The lowest BCUT2D eigenvalue weighted by atomic mass is 10.1. The molecule has 8 nitrogen and oxygen atoms in total. The Bertz CT molecular complexity index is 782. The van der Waals surface area contributed by atoms with Gasteiger partial charge in [0.1, 0.15) is 5.82 Å². The number of fused-ring (bicyclic) bond motifs is 1. The number of carbonyl (C=O) groups excluding carboxylic acids is 1. The van der Waals surface area contributed by atoms with Gasteiger partial charge in [0.25, 0.3) is 0 Å². The Hall–Kier alpha value is -2.22. The van der Waals surface area contributed by atoms with E-state index >= 15 is 0 Å². The molecule has 2 aliphatic heterocycles. The topological polar surface area (TPSA) is 69.9 Å².